The molecule has 766 valence electrons. The van der Waals surface area contributed by atoms with Crippen LogP contribution in [0.4, 0.5) is 50.3 Å². The fraction of sp³-hybridized carbons (Fsp3) is 0.438. The van der Waals surface area contributed by atoms with Crippen LogP contribution < -0.4 is 38.9 Å². The summed E-state index contributed by atoms with van der Waals surface area (Å²) >= 11 is 31.4. The Morgan fingerprint density at radius 3 is 1.27 bits per heavy atom. The molecule has 3 amide bonds. The molecular weight excluding hydrogens is 2030 g/mol. The molecule has 2 saturated heterocycles. The lowest BCUT2D eigenvalue weighted by Crippen LogP contribution is -2.35. The number of benzene rings is 4. The molecule has 12 atom stereocenters. The van der Waals surface area contributed by atoms with E-state index in [1.54, 1.807) is 12.1 Å². The normalized spacial score (nSPS) is 21.8. The number of carbonyl (C=O) groups is 3. The van der Waals surface area contributed by atoms with Crippen molar-refractivity contribution in [3.63, 3.8) is 0 Å². The summed E-state index contributed by atoms with van der Waals surface area (Å²) in [6, 6.07) is 36.4. The first-order chi connectivity index (χ1) is 66.7. The molecule has 143 heavy (non-hydrogen) atoms. The van der Waals surface area contributed by atoms with Crippen LogP contribution in [0.2, 0.25) is 20.1 Å². The third kappa shape index (κ3) is 26.4. The second-order valence-electron chi connectivity index (χ2n) is 37.4. The number of unbranched alkanes of at least 4 members (excludes halogenated alkanes) is 4. The highest BCUT2D eigenvalue weighted by Gasteiger charge is 2.61. The Balaban J connectivity index is 0.000000175. The van der Waals surface area contributed by atoms with Crippen molar-refractivity contribution >= 4 is 214 Å². The Bertz CT molecular complexity index is 6840. The molecule has 12 heterocycles. The molecule has 13 N–H and O–H groups in total. The molecule has 3 saturated carbocycles. The third-order valence-electron chi connectivity index (χ3n) is 26.2. The summed E-state index contributed by atoms with van der Waals surface area (Å²) in [5, 5.41) is 37.8. The number of nitrogens with one attached hydrogen (secondary N) is 3. The number of pyridine rings is 4. The molecule has 4 aromatic carbocycles. The van der Waals surface area contributed by atoms with Gasteiger partial charge in [0.15, 0.2) is 29.0 Å². The van der Waals surface area contributed by atoms with E-state index < -0.39 is 41.4 Å². The minimum atomic E-state index is -0.951. The van der Waals surface area contributed by atoms with E-state index in [1.807, 2.05) is 169 Å². The van der Waals surface area contributed by atoms with Crippen molar-refractivity contribution in [2.75, 3.05) is 65.3 Å². The van der Waals surface area contributed by atoms with Gasteiger partial charge in [-0.2, -0.15) is 0 Å². The molecular formula is C105H132Br2Cl4N20O12. The van der Waals surface area contributed by atoms with Crippen molar-refractivity contribution < 1.29 is 57.8 Å². The van der Waals surface area contributed by atoms with Gasteiger partial charge in [0, 0.05) is 74.6 Å². The van der Waals surface area contributed by atoms with Gasteiger partial charge in [-0.05, 0) is 200 Å². The molecule has 32 nitrogen and oxygen atoms in total. The van der Waals surface area contributed by atoms with E-state index in [-0.39, 0.29) is 87.4 Å². The smallest absolute Gasteiger partial charge is 0.412 e. The molecule has 5 aliphatic rings. The Kier molecular flexibility index (Phi) is 38.1. The van der Waals surface area contributed by atoms with E-state index in [9.17, 15) is 24.6 Å². The van der Waals surface area contributed by atoms with Crippen molar-refractivity contribution in [2.24, 2.45) is 16.2 Å². The Morgan fingerprint density at radius 1 is 0.476 bits per heavy atom. The van der Waals surface area contributed by atoms with Crippen molar-refractivity contribution in [1.29, 1.82) is 0 Å². The number of fused-ring (bicyclic) bond motifs is 9. The minimum absolute atomic E-state index is 0. The molecule has 0 radical (unpaired) electrons. The van der Waals surface area contributed by atoms with Gasteiger partial charge in [-0.15, -0.1) is 6.58 Å². The molecule has 3 aliphatic carbocycles. The zero-order valence-electron chi connectivity index (χ0n) is 80.3. The number of nitrogens with two attached hydrogens (primary N) is 4. The molecule has 0 unspecified atom stereocenters. The lowest BCUT2D eigenvalue weighted by molar-refractivity contribution is -0.168. The van der Waals surface area contributed by atoms with E-state index in [0.717, 1.165) is 163 Å². The SMILES string of the molecule is C.C.C.C=C[C@@]1(C)C[C@@H](n2ccc3c(N)ncnc32)[C@@H]2OC(C)(C)O[C@@H]21.CC(=O)Nc1nc2cc(CC[C@@]3(C)C[C@@H](n4ccc5c(N)ncnc54)[C@@H]4OC(C)(C)O[C@@H]43)ccc2cc1Cl.CCCCCOC(=O)Nc1nc2cc(Br)ccc2cc1Cl.CCCCCOC(=O)Nc1nc2cc(CC[C@@]3(C)C[C@@H](n4ccc5c(N)ncnc54)[C@H](O)[C@@H]3O)ccc2cc1Cl.CCOCC.Nc1nc2cc(Br)ccc2cc1Cl. The number of hydrogen-bond donors (Lipinski definition) is 9. The molecule has 2 aliphatic heterocycles. The number of aliphatic hydroxyl groups is 2. The van der Waals surface area contributed by atoms with Crippen LogP contribution in [0.25, 0.3) is 76.7 Å². The van der Waals surface area contributed by atoms with Crippen LogP contribution in [0.1, 0.15) is 205 Å². The highest BCUT2D eigenvalue weighted by molar-refractivity contribution is 9.10. The zero-order chi connectivity index (χ0) is 100. The topological polar surface area (TPSA) is 440 Å². The number of carbonyl (C=O) groups excluding carboxylic acids is 3. The number of rotatable bonds is 23. The summed E-state index contributed by atoms with van der Waals surface area (Å²) < 4.78 is 48.6. The van der Waals surface area contributed by atoms with E-state index in [2.05, 4.69) is 153 Å². The highest BCUT2D eigenvalue weighted by Crippen LogP contribution is 2.58. The fourth-order valence-electron chi connectivity index (χ4n) is 18.9. The predicted molar refractivity (Wildman–Crippen MR) is 580 cm³/mol. The second-order valence-corrected chi connectivity index (χ2v) is 40.9. The maximum absolute atomic E-state index is 12.2. The summed E-state index contributed by atoms with van der Waals surface area (Å²) in [4.78, 5) is 78.6. The molecule has 19 rings (SSSR count). The van der Waals surface area contributed by atoms with Crippen LogP contribution in [0.3, 0.4) is 0 Å². The number of halogens is 6. The number of amides is 3. The molecule has 0 spiro atoms. The standard InChI is InChI=1S/C29H35ClN6O4.C28H31ClN6O3.C17H22N4O2.C15H16BrClN2O2.C9H6BrClN2.C4H10O.3CH4/c1-3-4-5-12-40-28(39)35-26-20(30)14-18-7-6-17(13-21(18)34-26)8-10-29(2)15-22(23(37)24(29)38)36-11-9-19-25(31)32-16-33-27(19)36;1-15(36)33-25-19(29)12-17-6-5-16(11-20(17)34-25)7-9-28(4)13-21(22-23(28)38-27(2,3)37-22)35-10-8-18-24(30)31-14-32-26(18)35;1-5-17(4)8-11(12-13(17)23-16(2,3)22-12)21-7-6-10-14(18)19-9-20-15(10)21;1-2-3-4-7-21-15(20)19-14-12(17)8-10-5-6-11(16)9-13(10)18-14;10-6-2-1-5-3-7(11)9(12)13-8(5)4-6;1-3-5-4-2;;;/h6-7,9,11,13-14,16,22-24,37-38H,3-5,8,10,12,15H2,1-2H3,(H2,31,32,33)(H,34,35,39);5-6,8,10-12,14,21-23H,7,9,13H2,1-4H3,(H2,30,31,32)(H,33,34,36);5-7,9,11-13H,1,8H2,2-4H3,(H2,18,19,20);5-6,8-9H,2-4,7H2,1H3,(H,18,19,20);1-4H,(H2,12,13);3-4H2,1-2H3;3*1H4/t22-,23+,24+,29+;21-,22+,23+,28+;11-,12+,13+,17+;;;;;;/m111....../s1. The average Bonchev–Trinajstić information content (AvgIpc) is 1.57. The Hall–Kier alpha value is -10.8. The van der Waals surface area contributed by atoms with Gasteiger partial charge < -0.3 is 85.3 Å². The Labute approximate surface area is 871 Å². The van der Waals surface area contributed by atoms with Crippen molar-refractivity contribution in [3.05, 3.63) is 206 Å². The fourth-order valence-corrected chi connectivity index (χ4v) is 20.4. The lowest BCUT2D eigenvalue weighted by Gasteiger charge is -2.32. The van der Waals surface area contributed by atoms with E-state index in [4.69, 9.17) is 102 Å². The number of aliphatic hydroxyl groups excluding tert-OH is 2. The van der Waals surface area contributed by atoms with Gasteiger partial charge in [0.1, 0.15) is 77.5 Å². The number of nitrogens with zero attached hydrogens (tertiary/aromatic N) is 13. The number of aryl methyl sites for hydroxylation is 2. The van der Waals surface area contributed by atoms with Gasteiger partial charge in [0.05, 0.1) is 108 Å². The predicted octanol–water partition coefficient (Wildman–Crippen LogP) is 24.8. The van der Waals surface area contributed by atoms with Crippen LogP contribution in [0.5, 0.6) is 0 Å². The Morgan fingerprint density at radius 2 is 0.853 bits per heavy atom. The molecule has 14 aromatic rings. The molecule has 38 heteroatoms. The summed E-state index contributed by atoms with van der Waals surface area (Å²) in [6.07, 6.45) is 20.3. The minimum Gasteiger partial charge on any atom is -0.449 e. The van der Waals surface area contributed by atoms with Gasteiger partial charge in [0.2, 0.25) is 5.91 Å². The molecule has 10 aromatic heterocycles. The van der Waals surface area contributed by atoms with E-state index in [0.29, 0.717) is 98.6 Å². The number of hydrogen-bond acceptors (Lipinski definition) is 26. The first-order valence-electron chi connectivity index (χ1n) is 46.9. The van der Waals surface area contributed by atoms with Crippen molar-refractivity contribution in [2.45, 2.75) is 255 Å². The maximum Gasteiger partial charge on any atom is 0.412 e. The van der Waals surface area contributed by atoms with Crippen molar-refractivity contribution in [1.82, 2.24) is 63.5 Å². The quantitative estimate of drug-likeness (QED) is 0.0212. The second kappa shape index (κ2) is 48.5. The first kappa shape index (κ1) is 113. The number of anilines is 7. The summed E-state index contributed by atoms with van der Waals surface area (Å²) in [5.41, 5.74) is 30.4. The van der Waals surface area contributed by atoms with Gasteiger partial charge in [0.25, 0.3) is 0 Å². The average molecular weight is 2170 g/mol. The van der Waals surface area contributed by atoms with E-state index in [1.165, 1.54) is 25.9 Å². The van der Waals surface area contributed by atoms with Crippen LogP contribution >= 0.6 is 78.3 Å². The lowest BCUT2D eigenvalue weighted by atomic mass is 9.80. The van der Waals surface area contributed by atoms with Crippen LogP contribution in [-0.2, 0) is 50.8 Å². The van der Waals surface area contributed by atoms with Gasteiger partial charge in [-0.3, -0.25) is 15.4 Å². The number of nitrogen functional groups attached to an aromatic ring is 4. The van der Waals surface area contributed by atoms with Gasteiger partial charge in [-0.1, -0.05) is 203 Å². The number of aromatic nitrogens is 13. The van der Waals surface area contributed by atoms with E-state index >= 15 is 0 Å². The summed E-state index contributed by atoms with van der Waals surface area (Å²) in [6.45, 7) is 30.4. The maximum atomic E-state index is 12.2. The molecule has 0 bridgehead atoms. The van der Waals surface area contributed by atoms with Crippen LogP contribution in [0.15, 0.2) is 174 Å². The number of ether oxygens (including phenoxy) is 7. The zero-order valence-corrected chi connectivity index (χ0v) is 86.5. The largest absolute Gasteiger partial charge is 0.449 e. The highest BCUT2D eigenvalue weighted by atomic mass is 79.9. The van der Waals surface area contributed by atoms with Gasteiger partial charge in [-0.25, -0.2) is 59.4 Å². The van der Waals surface area contributed by atoms with Crippen LogP contribution in [0, 0.1) is 16.2 Å². The monoisotopic (exact) mass is 2160 g/mol. The van der Waals surface area contributed by atoms with Crippen LogP contribution in [-0.4, -0.2) is 166 Å². The third-order valence-corrected chi connectivity index (χ3v) is 28.3. The summed E-state index contributed by atoms with van der Waals surface area (Å²) in [7, 11) is 0. The first-order valence-corrected chi connectivity index (χ1v) is 50.0. The van der Waals surface area contributed by atoms with Gasteiger partial charge >= 0.3 is 12.2 Å². The van der Waals surface area contributed by atoms with Crippen molar-refractivity contribution in [3.8, 4) is 0 Å². The molecule has 5 fully saturated rings. The summed E-state index contributed by atoms with van der Waals surface area (Å²) in [5.74, 6) is 1.19.